The summed E-state index contributed by atoms with van der Waals surface area (Å²) in [6.45, 7) is 8.90. The minimum absolute atomic E-state index is 0.796. The van der Waals surface area contributed by atoms with Crippen LogP contribution in [0.15, 0.2) is 11.6 Å². The second-order valence-corrected chi connectivity index (χ2v) is 3.08. The van der Waals surface area contributed by atoms with Crippen LogP contribution in [0.3, 0.4) is 0 Å². The summed E-state index contributed by atoms with van der Waals surface area (Å²) >= 11 is 0. The summed E-state index contributed by atoms with van der Waals surface area (Å²) in [7, 11) is 0. The summed E-state index contributed by atoms with van der Waals surface area (Å²) in [4.78, 5) is 0. The van der Waals surface area contributed by atoms with E-state index < -0.39 is 0 Å². The maximum Gasteiger partial charge on any atom is -0.0235 e. The molecule has 0 N–H and O–H groups in total. The summed E-state index contributed by atoms with van der Waals surface area (Å²) in [5.41, 5.74) is 1.54. The van der Waals surface area contributed by atoms with Crippen LogP contribution in [0.4, 0.5) is 0 Å². The average molecular weight is 140 g/mol. The Morgan fingerprint density at radius 2 is 2.10 bits per heavy atom. The van der Waals surface area contributed by atoms with Crippen LogP contribution < -0.4 is 0 Å². The van der Waals surface area contributed by atoms with Crippen molar-refractivity contribution in [3.8, 4) is 0 Å². The predicted molar refractivity (Wildman–Crippen MR) is 48.1 cm³/mol. The number of hydrogen-bond donors (Lipinski definition) is 0. The van der Waals surface area contributed by atoms with Gasteiger partial charge in [-0.2, -0.15) is 0 Å². The molecule has 0 bridgehead atoms. The van der Waals surface area contributed by atoms with Gasteiger partial charge >= 0.3 is 0 Å². The van der Waals surface area contributed by atoms with E-state index in [0.717, 1.165) is 5.92 Å². The van der Waals surface area contributed by atoms with Crippen molar-refractivity contribution in [1.82, 2.24) is 0 Å². The minimum Gasteiger partial charge on any atom is -0.0885 e. The Bertz CT molecular complexity index is 101. The summed E-state index contributed by atoms with van der Waals surface area (Å²) in [6, 6.07) is 0. The zero-order valence-electron chi connectivity index (χ0n) is 7.78. The largest absolute Gasteiger partial charge is 0.0885 e. The van der Waals surface area contributed by atoms with Crippen LogP contribution in [0.25, 0.3) is 0 Å². The van der Waals surface area contributed by atoms with Crippen molar-refractivity contribution in [3.05, 3.63) is 11.6 Å². The van der Waals surface area contributed by atoms with Crippen LogP contribution in [0.1, 0.15) is 47.0 Å². The van der Waals surface area contributed by atoms with Crippen molar-refractivity contribution >= 4 is 0 Å². The fourth-order valence-corrected chi connectivity index (χ4v) is 1.02. The highest BCUT2D eigenvalue weighted by Crippen LogP contribution is 2.16. The smallest absolute Gasteiger partial charge is 0.0235 e. The number of hydrogen-bond acceptors (Lipinski definition) is 0. The average Bonchev–Trinajstić information content (AvgIpc) is 1.98. The predicted octanol–water partition coefficient (Wildman–Crippen LogP) is 3.78. The molecule has 10 heavy (non-hydrogen) atoms. The Morgan fingerprint density at radius 3 is 2.50 bits per heavy atom. The summed E-state index contributed by atoms with van der Waals surface area (Å²) in [5, 5.41) is 0. The molecule has 0 aliphatic rings. The number of unbranched alkanes of at least 4 members (excludes halogenated alkanes) is 1. The molecule has 0 heterocycles. The van der Waals surface area contributed by atoms with Crippen LogP contribution in [-0.4, -0.2) is 0 Å². The SMILES string of the molecule is C/C=C(\C)C(C)CCCC. The molecule has 0 aromatic rings. The lowest BCUT2D eigenvalue weighted by Gasteiger charge is -2.09. The molecule has 1 unspecified atom stereocenters. The van der Waals surface area contributed by atoms with Gasteiger partial charge in [-0.15, -0.1) is 0 Å². The molecule has 0 heteroatoms. The molecular formula is C10H20. The minimum atomic E-state index is 0.796. The molecule has 0 aliphatic carbocycles. The van der Waals surface area contributed by atoms with Gasteiger partial charge in [-0.05, 0) is 26.2 Å². The lowest BCUT2D eigenvalue weighted by Crippen LogP contribution is -1.95. The van der Waals surface area contributed by atoms with Gasteiger partial charge in [0.15, 0.2) is 0 Å². The summed E-state index contributed by atoms with van der Waals surface area (Å²) in [6.07, 6.45) is 6.26. The molecule has 0 fully saturated rings. The highest BCUT2D eigenvalue weighted by molar-refractivity contribution is 4.99. The van der Waals surface area contributed by atoms with Crippen molar-refractivity contribution in [3.63, 3.8) is 0 Å². The molecule has 0 saturated heterocycles. The molecule has 0 aromatic heterocycles. The van der Waals surface area contributed by atoms with Gasteiger partial charge < -0.3 is 0 Å². The van der Waals surface area contributed by atoms with Gasteiger partial charge in [0.05, 0.1) is 0 Å². The van der Waals surface area contributed by atoms with E-state index in [1.165, 1.54) is 24.8 Å². The summed E-state index contributed by atoms with van der Waals surface area (Å²) in [5.74, 6) is 0.796. The van der Waals surface area contributed by atoms with Crippen molar-refractivity contribution in [2.24, 2.45) is 5.92 Å². The maximum absolute atomic E-state index is 2.31. The Labute approximate surface area is 65.3 Å². The first-order valence-electron chi connectivity index (χ1n) is 4.35. The van der Waals surface area contributed by atoms with E-state index in [-0.39, 0.29) is 0 Å². The normalized spacial score (nSPS) is 15.4. The lowest BCUT2D eigenvalue weighted by molar-refractivity contribution is 0.571. The van der Waals surface area contributed by atoms with Crippen molar-refractivity contribution in [2.45, 2.75) is 47.0 Å². The monoisotopic (exact) mass is 140 g/mol. The van der Waals surface area contributed by atoms with Crippen molar-refractivity contribution in [1.29, 1.82) is 0 Å². The lowest BCUT2D eigenvalue weighted by atomic mass is 9.97. The molecule has 1 atom stereocenters. The Hall–Kier alpha value is -0.260. The van der Waals surface area contributed by atoms with Crippen LogP contribution in [0.5, 0.6) is 0 Å². The van der Waals surface area contributed by atoms with E-state index >= 15 is 0 Å². The van der Waals surface area contributed by atoms with Gasteiger partial charge in [0.1, 0.15) is 0 Å². The van der Waals surface area contributed by atoms with Gasteiger partial charge in [0.2, 0.25) is 0 Å². The third-order valence-electron chi connectivity index (χ3n) is 2.22. The highest BCUT2D eigenvalue weighted by atomic mass is 14.1. The molecule has 0 spiro atoms. The molecule has 0 saturated carbocycles. The van der Waals surface area contributed by atoms with Crippen molar-refractivity contribution in [2.75, 3.05) is 0 Å². The van der Waals surface area contributed by atoms with Crippen LogP contribution >= 0.6 is 0 Å². The standard InChI is InChI=1S/C10H20/c1-5-7-8-10(4)9(3)6-2/h6,10H,5,7-8H2,1-4H3/b9-6+. The van der Waals surface area contributed by atoms with Crippen LogP contribution in [0.2, 0.25) is 0 Å². The van der Waals surface area contributed by atoms with Gasteiger partial charge in [-0.25, -0.2) is 0 Å². The van der Waals surface area contributed by atoms with Gasteiger partial charge in [-0.1, -0.05) is 38.3 Å². The second kappa shape index (κ2) is 5.52. The topological polar surface area (TPSA) is 0 Å². The molecule has 0 nitrogen and oxygen atoms in total. The van der Waals surface area contributed by atoms with Gasteiger partial charge in [-0.3, -0.25) is 0 Å². The number of rotatable bonds is 4. The van der Waals surface area contributed by atoms with Crippen LogP contribution in [-0.2, 0) is 0 Å². The molecule has 0 aliphatic heterocycles. The van der Waals surface area contributed by atoms with E-state index in [1.807, 2.05) is 0 Å². The third kappa shape index (κ3) is 3.71. The van der Waals surface area contributed by atoms with Crippen molar-refractivity contribution < 1.29 is 0 Å². The maximum atomic E-state index is 2.31. The molecule has 60 valence electrons. The fraction of sp³-hybridized carbons (Fsp3) is 0.800. The van der Waals surface area contributed by atoms with Gasteiger partial charge in [0.25, 0.3) is 0 Å². The first kappa shape index (κ1) is 9.74. The molecule has 0 rings (SSSR count). The first-order valence-corrected chi connectivity index (χ1v) is 4.35. The second-order valence-electron chi connectivity index (χ2n) is 3.08. The molecule has 0 aromatic carbocycles. The Morgan fingerprint density at radius 1 is 1.50 bits per heavy atom. The Kier molecular flexibility index (Phi) is 5.38. The zero-order chi connectivity index (χ0) is 7.98. The zero-order valence-corrected chi connectivity index (χ0v) is 7.78. The van der Waals surface area contributed by atoms with E-state index in [4.69, 9.17) is 0 Å². The first-order chi connectivity index (χ1) is 4.72. The van der Waals surface area contributed by atoms with E-state index in [0.29, 0.717) is 0 Å². The summed E-state index contributed by atoms with van der Waals surface area (Å²) < 4.78 is 0. The quantitative estimate of drug-likeness (QED) is 0.521. The van der Waals surface area contributed by atoms with E-state index in [2.05, 4.69) is 33.8 Å². The molecule has 0 amide bonds. The van der Waals surface area contributed by atoms with E-state index in [1.54, 1.807) is 0 Å². The number of allylic oxidation sites excluding steroid dienone is 2. The van der Waals surface area contributed by atoms with Crippen LogP contribution in [0, 0.1) is 5.92 Å². The molecular weight excluding hydrogens is 120 g/mol. The fourth-order valence-electron chi connectivity index (χ4n) is 1.02. The van der Waals surface area contributed by atoms with E-state index in [9.17, 15) is 0 Å². The van der Waals surface area contributed by atoms with Gasteiger partial charge in [0, 0.05) is 0 Å². The Balaban J connectivity index is 3.51. The highest BCUT2D eigenvalue weighted by Gasteiger charge is 2.00. The molecule has 0 radical (unpaired) electrons. The third-order valence-corrected chi connectivity index (χ3v) is 2.22.